The van der Waals surface area contributed by atoms with Crippen molar-refractivity contribution in [3.05, 3.63) is 30.6 Å². The van der Waals surface area contributed by atoms with E-state index in [0.717, 1.165) is 59.2 Å². The third-order valence-corrected chi connectivity index (χ3v) is 4.91. The smallest absolute Gasteiger partial charge is 0.224 e. The molecule has 4 aromatic rings. The molecule has 5 rings (SSSR count). The third-order valence-electron chi connectivity index (χ3n) is 4.91. The number of benzene rings is 1. The monoisotopic (exact) mass is 349 g/mol. The Morgan fingerprint density at radius 2 is 2.15 bits per heavy atom. The van der Waals surface area contributed by atoms with Gasteiger partial charge in [0.1, 0.15) is 11.2 Å². The fraction of sp³-hybridized carbons (Fsp3) is 0.333. The molecule has 4 heterocycles. The first kappa shape index (κ1) is 15.3. The van der Waals surface area contributed by atoms with Crippen molar-refractivity contribution in [2.45, 2.75) is 18.9 Å². The number of hydrogen-bond donors (Lipinski definition) is 2. The molecule has 1 saturated heterocycles. The molecule has 1 fully saturated rings. The number of aryl methyl sites for hydroxylation is 1. The third kappa shape index (κ3) is 2.59. The molecule has 0 atom stereocenters. The highest BCUT2D eigenvalue weighted by Crippen LogP contribution is 2.29. The molecule has 0 aliphatic carbocycles. The van der Waals surface area contributed by atoms with Gasteiger partial charge in [-0.05, 0) is 30.5 Å². The second-order valence-electron chi connectivity index (χ2n) is 6.61. The summed E-state index contributed by atoms with van der Waals surface area (Å²) in [5.74, 6) is 0.657. The van der Waals surface area contributed by atoms with Crippen LogP contribution in [0.15, 0.2) is 30.6 Å². The number of hydrogen-bond acceptors (Lipinski definition) is 6. The van der Waals surface area contributed by atoms with E-state index in [9.17, 15) is 0 Å². The molecule has 2 N–H and O–H groups in total. The number of aromatic amines is 1. The van der Waals surface area contributed by atoms with Crippen LogP contribution in [0, 0.1) is 0 Å². The summed E-state index contributed by atoms with van der Waals surface area (Å²) in [6.45, 7) is 1.58. The van der Waals surface area contributed by atoms with Gasteiger partial charge in [0.2, 0.25) is 5.95 Å². The molecule has 1 aromatic carbocycles. The van der Waals surface area contributed by atoms with Gasteiger partial charge in [-0.1, -0.05) is 11.3 Å². The topological polar surface area (TPSA) is 93.5 Å². The van der Waals surface area contributed by atoms with Crippen LogP contribution in [0.3, 0.4) is 0 Å². The number of fused-ring (bicyclic) bond motifs is 2. The molecule has 0 amide bonds. The minimum atomic E-state index is 0.371. The lowest BCUT2D eigenvalue weighted by Crippen LogP contribution is -2.28. The van der Waals surface area contributed by atoms with Crippen LogP contribution in [0.5, 0.6) is 0 Å². The van der Waals surface area contributed by atoms with Crippen molar-refractivity contribution >= 4 is 28.0 Å². The van der Waals surface area contributed by atoms with Gasteiger partial charge in [0.15, 0.2) is 0 Å². The summed E-state index contributed by atoms with van der Waals surface area (Å²) in [6, 6.07) is 6.49. The lowest BCUT2D eigenvalue weighted by molar-refractivity contribution is 0.0903. The van der Waals surface area contributed by atoms with Gasteiger partial charge in [-0.3, -0.25) is 0 Å². The van der Waals surface area contributed by atoms with Crippen LogP contribution in [-0.4, -0.2) is 49.2 Å². The molecular weight excluding hydrogens is 330 g/mol. The molecule has 8 nitrogen and oxygen atoms in total. The number of nitrogens with zero attached hydrogens (tertiary/aromatic N) is 5. The molecule has 0 saturated carbocycles. The highest BCUT2D eigenvalue weighted by Gasteiger charge is 2.16. The van der Waals surface area contributed by atoms with Crippen LogP contribution in [0.1, 0.15) is 12.8 Å². The second-order valence-corrected chi connectivity index (χ2v) is 6.61. The second kappa shape index (κ2) is 6.06. The minimum Gasteiger partial charge on any atom is -0.381 e. The van der Waals surface area contributed by atoms with E-state index >= 15 is 0 Å². The highest BCUT2D eigenvalue weighted by atomic mass is 16.5. The summed E-state index contributed by atoms with van der Waals surface area (Å²) in [5.41, 5.74) is 4.86. The molecule has 0 bridgehead atoms. The van der Waals surface area contributed by atoms with Crippen molar-refractivity contribution in [2.24, 2.45) is 7.05 Å². The number of aromatic nitrogens is 6. The van der Waals surface area contributed by atoms with E-state index in [0.29, 0.717) is 12.0 Å². The number of nitrogens with one attached hydrogen (secondary N) is 2. The zero-order chi connectivity index (χ0) is 17.5. The first-order chi connectivity index (χ1) is 12.8. The molecule has 8 heteroatoms. The summed E-state index contributed by atoms with van der Waals surface area (Å²) in [5, 5.41) is 12.6. The van der Waals surface area contributed by atoms with E-state index in [1.807, 2.05) is 31.6 Å². The SMILES string of the molecule is Cn1nnc2ccc(-c3c[nH]c4nc(NC5CCOCC5)ncc34)cc21. The molecular formula is C18H19N7O. The van der Waals surface area contributed by atoms with Gasteiger partial charge >= 0.3 is 0 Å². The number of rotatable bonds is 3. The molecule has 26 heavy (non-hydrogen) atoms. The van der Waals surface area contributed by atoms with Gasteiger partial charge < -0.3 is 15.0 Å². The van der Waals surface area contributed by atoms with Crippen molar-refractivity contribution in [1.82, 2.24) is 29.9 Å². The first-order valence-corrected chi connectivity index (χ1v) is 8.76. The lowest BCUT2D eigenvalue weighted by atomic mass is 10.1. The summed E-state index contributed by atoms with van der Waals surface area (Å²) >= 11 is 0. The van der Waals surface area contributed by atoms with Crippen molar-refractivity contribution in [3.8, 4) is 11.1 Å². The zero-order valence-electron chi connectivity index (χ0n) is 14.4. The predicted octanol–water partition coefficient (Wildman–Crippen LogP) is 2.50. The van der Waals surface area contributed by atoms with Crippen molar-refractivity contribution in [2.75, 3.05) is 18.5 Å². The first-order valence-electron chi connectivity index (χ1n) is 8.76. The van der Waals surface area contributed by atoms with E-state index in [2.05, 4.69) is 36.6 Å². The Balaban J connectivity index is 1.49. The molecule has 0 radical (unpaired) electrons. The summed E-state index contributed by atoms with van der Waals surface area (Å²) in [6.07, 6.45) is 5.82. The van der Waals surface area contributed by atoms with Crippen LogP contribution in [0.25, 0.3) is 33.2 Å². The summed E-state index contributed by atoms with van der Waals surface area (Å²) in [4.78, 5) is 12.4. The maximum atomic E-state index is 5.40. The fourth-order valence-electron chi connectivity index (χ4n) is 3.44. The maximum absolute atomic E-state index is 5.40. The van der Waals surface area contributed by atoms with Crippen LogP contribution in [-0.2, 0) is 11.8 Å². The van der Waals surface area contributed by atoms with E-state index < -0.39 is 0 Å². The Hall–Kier alpha value is -3.00. The average Bonchev–Trinajstić information content (AvgIpc) is 3.26. The Bertz CT molecular complexity index is 1080. The van der Waals surface area contributed by atoms with Crippen molar-refractivity contribution < 1.29 is 4.74 Å². The highest BCUT2D eigenvalue weighted by molar-refractivity contribution is 5.95. The van der Waals surface area contributed by atoms with Crippen LogP contribution < -0.4 is 5.32 Å². The van der Waals surface area contributed by atoms with Gasteiger partial charge in [0, 0.05) is 49.6 Å². The average molecular weight is 349 g/mol. The van der Waals surface area contributed by atoms with Crippen LogP contribution in [0.4, 0.5) is 5.95 Å². The van der Waals surface area contributed by atoms with E-state index in [-0.39, 0.29) is 0 Å². The Morgan fingerprint density at radius 3 is 3.04 bits per heavy atom. The van der Waals surface area contributed by atoms with Crippen molar-refractivity contribution in [3.63, 3.8) is 0 Å². The fourth-order valence-corrected chi connectivity index (χ4v) is 3.44. The molecule has 1 aliphatic rings. The quantitative estimate of drug-likeness (QED) is 0.590. The van der Waals surface area contributed by atoms with Gasteiger partial charge in [-0.25, -0.2) is 9.67 Å². The Labute approximate surface area is 149 Å². The number of anilines is 1. The van der Waals surface area contributed by atoms with E-state index in [1.165, 1.54) is 0 Å². The Kier molecular flexibility index (Phi) is 3.56. The van der Waals surface area contributed by atoms with Gasteiger partial charge in [0.05, 0.1) is 5.52 Å². The van der Waals surface area contributed by atoms with Gasteiger partial charge in [0.25, 0.3) is 0 Å². The summed E-state index contributed by atoms with van der Waals surface area (Å²) in [7, 11) is 1.89. The minimum absolute atomic E-state index is 0.371. The molecule has 0 spiro atoms. The molecule has 1 aliphatic heterocycles. The number of H-pyrrole nitrogens is 1. The molecule has 3 aromatic heterocycles. The molecule has 0 unspecified atom stereocenters. The van der Waals surface area contributed by atoms with E-state index in [1.54, 1.807) is 4.68 Å². The molecule has 132 valence electrons. The van der Waals surface area contributed by atoms with Crippen LogP contribution in [0.2, 0.25) is 0 Å². The largest absolute Gasteiger partial charge is 0.381 e. The maximum Gasteiger partial charge on any atom is 0.224 e. The zero-order valence-corrected chi connectivity index (χ0v) is 14.4. The lowest BCUT2D eigenvalue weighted by Gasteiger charge is -2.22. The predicted molar refractivity (Wildman–Crippen MR) is 98.9 cm³/mol. The van der Waals surface area contributed by atoms with Crippen LogP contribution >= 0.6 is 0 Å². The van der Waals surface area contributed by atoms with Gasteiger partial charge in [-0.15, -0.1) is 5.10 Å². The standard InChI is InChI=1S/C18H19N7O/c1-25-16-8-11(2-3-15(16)23-24-25)13-9-19-17-14(13)10-20-18(22-17)21-12-4-6-26-7-5-12/h2-3,8-10,12H,4-7H2,1H3,(H2,19,20,21,22). The van der Waals surface area contributed by atoms with Gasteiger partial charge in [-0.2, -0.15) is 4.98 Å². The normalized spacial score (nSPS) is 15.7. The van der Waals surface area contributed by atoms with Crippen molar-refractivity contribution in [1.29, 1.82) is 0 Å². The number of ether oxygens (including phenoxy) is 1. The summed E-state index contributed by atoms with van der Waals surface area (Å²) < 4.78 is 7.17. The Morgan fingerprint density at radius 1 is 1.27 bits per heavy atom. The van der Waals surface area contributed by atoms with E-state index in [4.69, 9.17) is 4.74 Å².